The van der Waals surface area contributed by atoms with Gasteiger partial charge in [0.25, 0.3) is 0 Å². The van der Waals surface area contributed by atoms with Gasteiger partial charge in [-0.05, 0) is 62.1 Å². The van der Waals surface area contributed by atoms with Gasteiger partial charge in [-0.15, -0.1) is 0 Å². The van der Waals surface area contributed by atoms with E-state index in [4.69, 9.17) is 4.74 Å². The van der Waals surface area contributed by atoms with Crippen LogP contribution >= 0.6 is 0 Å². The van der Waals surface area contributed by atoms with Crippen molar-refractivity contribution in [2.45, 2.75) is 40.7 Å². The summed E-state index contributed by atoms with van der Waals surface area (Å²) in [6, 6.07) is 11.1. The number of methoxy groups -OCH3 is 1. The van der Waals surface area contributed by atoms with Crippen molar-refractivity contribution in [3.8, 4) is 5.75 Å². The average molecular weight is 408 g/mol. The van der Waals surface area contributed by atoms with Crippen LogP contribution in [0, 0.1) is 20.8 Å². The molecule has 2 aromatic carbocycles. The van der Waals surface area contributed by atoms with Gasteiger partial charge < -0.3 is 19.9 Å². The molecule has 0 unspecified atom stereocenters. The molecule has 0 aliphatic rings. The molecular formula is C24H29N3O3. The summed E-state index contributed by atoms with van der Waals surface area (Å²) >= 11 is 0. The number of benzene rings is 2. The maximum atomic E-state index is 13.1. The lowest BCUT2D eigenvalue weighted by molar-refractivity contribution is 0.209. The molecule has 0 atom stereocenters. The molecule has 158 valence electrons. The zero-order valence-corrected chi connectivity index (χ0v) is 18.3. The van der Waals surface area contributed by atoms with Gasteiger partial charge in [0.05, 0.1) is 18.3 Å². The van der Waals surface area contributed by atoms with E-state index in [2.05, 4.69) is 16.4 Å². The first-order chi connectivity index (χ1) is 14.3. The van der Waals surface area contributed by atoms with E-state index in [1.54, 1.807) is 18.1 Å². The number of fused-ring (bicyclic) bond motifs is 1. The van der Waals surface area contributed by atoms with Gasteiger partial charge in [-0.1, -0.05) is 24.6 Å². The van der Waals surface area contributed by atoms with E-state index in [-0.39, 0.29) is 11.6 Å². The molecule has 2 amide bonds. The van der Waals surface area contributed by atoms with Crippen LogP contribution in [0.4, 0.5) is 10.5 Å². The summed E-state index contributed by atoms with van der Waals surface area (Å²) in [5, 5.41) is 3.94. The monoisotopic (exact) mass is 407 g/mol. The number of H-pyrrole nitrogens is 1. The lowest BCUT2D eigenvalue weighted by Crippen LogP contribution is -2.35. The number of hydrogen-bond donors (Lipinski definition) is 2. The number of nitrogens with one attached hydrogen (secondary N) is 2. The SMILES string of the molecule is CCCN(Cc1cc(=O)[nH]c2c(C)cc(C)cc12)C(=O)Nc1cc(C)ccc1OC. The van der Waals surface area contributed by atoms with E-state index in [0.29, 0.717) is 24.5 Å². The predicted molar refractivity (Wildman–Crippen MR) is 121 cm³/mol. The number of nitrogens with zero attached hydrogens (tertiary/aromatic N) is 1. The molecule has 0 radical (unpaired) electrons. The van der Waals surface area contributed by atoms with Crippen LogP contribution in [0.25, 0.3) is 10.9 Å². The molecule has 6 heteroatoms. The number of anilines is 1. The molecule has 6 nitrogen and oxygen atoms in total. The second-order valence-electron chi connectivity index (χ2n) is 7.72. The highest BCUT2D eigenvalue weighted by molar-refractivity contribution is 5.92. The number of rotatable bonds is 6. The van der Waals surface area contributed by atoms with Crippen LogP contribution < -0.4 is 15.6 Å². The number of aromatic amines is 1. The molecule has 0 spiro atoms. The number of aromatic nitrogens is 1. The van der Waals surface area contributed by atoms with Crippen molar-refractivity contribution in [3.05, 3.63) is 69.0 Å². The highest BCUT2D eigenvalue weighted by Crippen LogP contribution is 2.26. The summed E-state index contributed by atoms with van der Waals surface area (Å²) < 4.78 is 5.38. The molecule has 0 fully saturated rings. The maximum absolute atomic E-state index is 13.1. The fourth-order valence-electron chi connectivity index (χ4n) is 3.75. The normalized spacial score (nSPS) is 10.8. The van der Waals surface area contributed by atoms with Crippen molar-refractivity contribution in [2.75, 3.05) is 19.0 Å². The predicted octanol–water partition coefficient (Wildman–Crippen LogP) is 4.91. The van der Waals surface area contributed by atoms with Gasteiger partial charge in [-0.3, -0.25) is 4.79 Å². The molecule has 2 N–H and O–H groups in total. The Morgan fingerprint density at radius 1 is 1.10 bits per heavy atom. The Hall–Kier alpha value is -3.28. The van der Waals surface area contributed by atoms with Crippen LogP contribution in [0.3, 0.4) is 0 Å². The summed E-state index contributed by atoms with van der Waals surface area (Å²) in [6.07, 6.45) is 0.803. The van der Waals surface area contributed by atoms with Crippen LogP contribution in [0.1, 0.15) is 35.6 Å². The summed E-state index contributed by atoms with van der Waals surface area (Å²) in [6.45, 7) is 8.91. The van der Waals surface area contributed by atoms with Crippen LogP contribution in [0.2, 0.25) is 0 Å². The lowest BCUT2D eigenvalue weighted by atomic mass is 10.0. The molecule has 30 heavy (non-hydrogen) atoms. The highest BCUT2D eigenvalue weighted by Gasteiger charge is 2.18. The quantitative estimate of drug-likeness (QED) is 0.610. The van der Waals surface area contributed by atoms with E-state index < -0.39 is 0 Å². The minimum absolute atomic E-state index is 0.165. The third-order valence-electron chi connectivity index (χ3n) is 5.12. The molecule has 0 aliphatic heterocycles. The Bertz CT molecular complexity index is 1130. The summed E-state index contributed by atoms with van der Waals surface area (Å²) in [7, 11) is 1.58. The molecule has 3 aromatic rings. The van der Waals surface area contributed by atoms with Crippen molar-refractivity contribution >= 4 is 22.6 Å². The maximum Gasteiger partial charge on any atom is 0.322 e. The molecule has 0 saturated carbocycles. The van der Waals surface area contributed by atoms with Gasteiger partial charge >= 0.3 is 6.03 Å². The minimum atomic E-state index is -0.224. The number of ether oxygens (including phenoxy) is 1. The zero-order chi connectivity index (χ0) is 21.8. The van der Waals surface area contributed by atoms with Gasteiger partial charge in [0.15, 0.2) is 0 Å². The second-order valence-corrected chi connectivity index (χ2v) is 7.72. The lowest BCUT2D eigenvalue weighted by Gasteiger charge is -2.24. The number of aryl methyl sites for hydroxylation is 3. The van der Waals surface area contributed by atoms with Crippen LogP contribution in [-0.2, 0) is 6.54 Å². The Morgan fingerprint density at radius 3 is 2.57 bits per heavy atom. The molecule has 0 saturated heterocycles. The van der Waals surface area contributed by atoms with Crippen LogP contribution in [0.5, 0.6) is 5.75 Å². The first-order valence-corrected chi connectivity index (χ1v) is 10.2. The standard InChI is InChI=1S/C24H29N3O3/c1-6-9-27(24(29)25-20-12-15(2)7-8-21(20)30-5)14-18-13-22(28)26-23-17(4)10-16(3)11-19(18)23/h7-8,10-13H,6,9,14H2,1-5H3,(H,25,29)(H,26,28). The van der Waals surface area contributed by atoms with E-state index in [1.165, 1.54) is 0 Å². The Morgan fingerprint density at radius 2 is 1.87 bits per heavy atom. The topological polar surface area (TPSA) is 74.4 Å². The molecule has 0 aliphatic carbocycles. The largest absolute Gasteiger partial charge is 0.495 e. The summed E-state index contributed by atoms with van der Waals surface area (Å²) in [4.78, 5) is 30.0. The van der Waals surface area contributed by atoms with Crippen molar-refractivity contribution in [3.63, 3.8) is 0 Å². The third-order valence-corrected chi connectivity index (χ3v) is 5.12. The zero-order valence-electron chi connectivity index (χ0n) is 18.3. The van der Waals surface area contributed by atoms with Gasteiger partial charge in [0, 0.05) is 24.5 Å². The highest BCUT2D eigenvalue weighted by atomic mass is 16.5. The Balaban J connectivity index is 1.96. The van der Waals surface area contributed by atoms with Gasteiger partial charge in [0.1, 0.15) is 5.75 Å². The fourth-order valence-corrected chi connectivity index (χ4v) is 3.75. The van der Waals surface area contributed by atoms with Gasteiger partial charge in [0.2, 0.25) is 5.56 Å². The van der Waals surface area contributed by atoms with Crippen molar-refractivity contribution in [1.29, 1.82) is 0 Å². The number of pyridine rings is 1. The number of carbonyl (C=O) groups excluding carboxylic acids is 1. The van der Waals surface area contributed by atoms with E-state index in [0.717, 1.165) is 39.6 Å². The van der Waals surface area contributed by atoms with Gasteiger partial charge in [-0.2, -0.15) is 0 Å². The molecule has 0 bridgehead atoms. The Labute approximate surface area is 176 Å². The van der Waals surface area contributed by atoms with E-state index in [1.807, 2.05) is 52.0 Å². The first-order valence-electron chi connectivity index (χ1n) is 10.2. The van der Waals surface area contributed by atoms with Crippen molar-refractivity contribution in [1.82, 2.24) is 9.88 Å². The van der Waals surface area contributed by atoms with Gasteiger partial charge in [-0.25, -0.2) is 4.79 Å². The molecular weight excluding hydrogens is 378 g/mol. The van der Waals surface area contributed by atoms with Crippen molar-refractivity contribution < 1.29 is 9.53 Å². The fraction of sp³-hybridized carbons (Fsp3) is 0.333. The smallest absolute Gasteiger partial charge is 0.322 e. The van der Waals surface area contributed by atoms with Crippen LogP contribution in [-0.4, -0.2) is 29.6 Å². The van der Waals surface area contributed by atoms with E-state index >= 15 is 0 Å². The minimum Gasteiger partial charge on any atom is -0.495 e. The number of amides is 2. The molecule has 1 heterocycles. The van der Waals surface area contributed by atoms with E-state index in [9.17, 15) is 9.59 Å². The number of urea groups is 1. The first kappa shape index (κ1) is 21.4. The second kappa shape index (κ2) is 9.03. The summed E-state index contributed by atoms with van der Waals surface area (Å²) in [5.74, 6) is 0.609. The number of carbonyl (C=O) groups is 1. The Kier molecular flexibility index (Phi) is 6.45. The molecule has 1 aromatic heterocycles. The molecule has 3 rings (SSSR count). The van der Waals surface area contributed by atoms with Crippen LogP contribution in [0.15, 0.2) is 41.2 Å². The third kappa shape index (κ3) is 4.64. The number of hydrogen-bond acceptors (Lipinski definition) is 3. The van der Waals surface area contributed by atoms with Crippen molar-refractivity contribution in [2.24, 2.45) is 0 Å². The summed E-state index contributed by atoms with van der Waals surface area (Å²) in [5.41, 5.74) is 5.28. The average Bonchev–Trinajstić information content (AvgIpc) is 2.68.